The molecule has 1 aromatic heterocycles. The maximum atomic E-state index is 11.9. The standard InChI is InChI=1S/C14H19N3OS/c1-14(2,3)12(15)13(18)16-8-11-17-9-6-4-5-7-10(9)19-11/h4-7,12H,8,15H2,1-3H3,(H,16,18)/t12-/m0/s1. The van der Waals surface area contributed by atoms with Crippen molar-refractivity contribution in [3.05, 3.63) is 29.3 Å². The van der Waals surface area contributed by atoms with Crippen molar-refractivity contribution in [2.75, 3.05) is 0 Å². The summed E-state index contributed by atoms with van der Waals surface area (Å²) in [6.45, 7) is 6.29. The largest absolute Gasteiger partial charge is 0.348 e. The third kappa shape index (κ3) is 3.30. The maximum absolute atomic E-state index is 11.9. The second-order valence-electron chi connectivity index (χ2n) is 5.64. The Kier molecular flexibility index (Phi) is 3.87. The van der Waals surface area contributed by atoms with Gasteiger partial charge in [-0.3, -0.25) is 4.79 Å². The number of carbonyl (C=O) groups excluding carboxylic acids is 1. The van der Waals surface area contributed by atoms with Gasteiger partial charge < -0.3 is 11.1 Å². The molecule has 1 atom stereocenters. The molecule has 0 aliphatic carbocycles. The Bertz CT molecular complexity index is 553. The van der Waals surface area contributed by atoms with Crippen LogP contribution >= 0.6 is 11.3 Å². The van der Waals surface area contributed by atoms with Crippen molar-refractivity contribution in [1.29, 1.82) is 0 Å². The van der Waals surface area contributed by atoms with Crippen LogP contribution in [0.1, 0.15) is 25.8 Å². The Hall–Kier alpha value is -1.46. The van der Waals surface area contributed by atoms with Crippen molar-refractivity contribution in [2.45, 2.75) is 33.4 Å². The third-order valence-electron chi connectivity index (χ3n) is 2.97. The van der Waals surface area contributed by atoms with Crippen molar-refractivity contribution in [2.24, 2.45) is 11.1 Å². The van der Waals surface area contributed by atoms with Gasteiger partial charge in [-0.2, -0.15) is 0 Å². The molecular formula is C14H19N3OS. The fourth-order valence-corrected chi connectivity index (χ4v) is 2.57. The predicted molar refractivity (Wildman–Crippen MR) is 78.9 cm³/mol. The van der Waals surface area contributed by atoms with Gasteiger partial charge in [0.2, 0.25) is 5.91 Å². The number of hydrogen-bond acceptors (Lipinski definition) is 4. The fourth-order valence-electron chi connectivity index (χ4n) is 1.66. The molecule has 102 valence electrons. The Morgan fingerprint density at radius 1 is 1.42 bits per heavy atom. The van der Waals surface area contributed by atoms with E-state index in [1.807, 2.05) is 45.0 Å². The lowest BCUT2D eigenvalue weighted by Gasteiger charge is -2.25. The number of nitrogens with zero attached hydrogens (tertiary/aromatic N) is 1. The molecule has 0 bridgehead atoms. The van der Waals surface area contributed by atoms with Crippen molar-refractivity contribution >= 4 is 27.5 Å². The Morgan fingerprint density at radius 2 is 2.11 bits per heavy atom. The number of nitrogens with two attached hydrogens (primary N) is 1. The minimum atomic E-state index is -0.512. The van der Waals surface area contributed by atoms with E-state index in [0.29, 0.717) is 6.54 Å². The number of carbonyl (C=O) groups is 1. The molecule has 1 heterocycles. The number of hydrogen-bond donors (Lipinski definition) is 2. The zero-order valence-electron chi connectivity index (χ0n) is 11.4. The summed E-state index contributed by atoms with van der Waals surface area (Å²) in [6, 6.07) is 7.43. The van der Waals surface area contributed by atoms with Crippen LogP contribution in [0, 0.1) is 5.41 Å². The summed E-state index contributed by atoms with van der Waals surface area (Å²) < 4.78 is 1.13. The van der Waals surface area contributed by atoms with Gasteiger partial charge in [-0.15, -0.1) is 11.3 Å². The van der Waals surface area contributed by atoms with Gasteiger partial charge in [0.05, 0.1) is 22.8 Å². The summed E-state index contributed by atoms with van der Waals surface area (Å²) in [6.07, 6.45) is 0. The lowest BCUT2D eigenvalue weighted by Crippen LogP contribution is -2.48. The first-order chi connectivity index (χ1) is 8.88. The average Bonchev–Trinajstić information content (AvgIpc) is 2.76. The van der Waals surface area contributed by atoms with Crippen LogP contribution in [-0.4, -0.2) is 16.9 Å². The fraction of sp³-hybridized carbons (Fsp3) is 0.429. The molecule has 19 heavy (non-hydrogen) atoms. The third-order valence-corrected chi connectivity index (χ3v) is 4.00. The molecule has 5 heteroatoms. The van der Waals surface area contributed by atoms with E-state index in [4.69, 9.17) is 5.73 Å². The highest BCUT2D eigenvalue weighted by Crippen LogP contribution is 2.21. The van der Waals surface area contributed by atoms with Crippen LogP contribution < -0.4 is 11.1 Å². The van der Waals surface area contributed by atoms with E-state index < -0.39 is 6.04 Å². The summed E-state index contributed by atoms with van der Waals surface area (Å²) >= 11 is 1.59. The molecular weight excluding hydrogens is 258 g/mol. The Morgan fingerprint density at radius 3 is 2.74 bits per heavy atom. The first-order valence-corrected chi connectivity index (χ1v) is 7.07. The van der Waals surface area contributed by atoms with Crippen molar-refractivity contribution in [3.8, 4) is 0 Å². The monoisotopic (exact) mass is 277 g/mol. The quantitative estimate of drug-likeness (QED) is 0.904. The molecule has 0 fully saturated rings. The van der Waals surface area contributed by atoms with Crippen LogP contribution in [0.25, 0.3) is 10.2 Å². The summed E-state index contributed by atoms with van der Waals surface area (Å²) in [5.74, 6) is -0.133. The number of thiazole rings is 1. The van der Waals surface area contributed by atoms with Gasteiger partial charge in [0.25, 0.3) is 0 Å². The normalized spacial score (nSPS) is 13.5. The SMILES string of the molecule is CC(C)(C)[C@@H](N)C(=O)NCc1nc2ccccc2s1. The number of aromatic nitrogens is 1. The molecule has 0 spiro atoms. The summed E-state index contributed by atoms with van der Waals surface area (Å²) in [5, 5.41) is 3.75. The molecule has 0 radical (unpaired) electrons. The molecule has 0 aliphatic rings. The van der Waals surface area contributed by atoms with Gasteiger partial charge in [0.1, 0.15) is 5.01 Å². The number of nitrogens with one attached hydrogen (secondary N) is 1. The number of fused-ring (bicyclic) bond motifs is 1. The van der Waals surface area contributed by atoms with Crippen LogP contribution in [0.3, 0.4) is 0 Å². The van der Waals surface area contributed by atoms with Crippen molar-refractivity contribution in [1.82, 2.24) is 10.3 Å². The Labute approximate surface area is 117 Å². The second-order valence-corrected chi connectivity index (χ2v) is 6.75. The first kappa shape index (κ1) is 14.0. The van der Waals surface area contributed by atoms with Gasteiger partial charge in [-0.05, 0) is 17.5 Å². The zero-order chi connectivity index (χ0) is 14.0. The van der Waals surface area contributed by atoms with E-state index in [0.717, 1.165) is 15.2 Å². The van der Waals surface area contributed by atoms with Crippen LogP contribution in [0.5, 0.6) is 0 Å². The number of benzene rings is 1. The molecule has 0 unspecified atom stereocenters. The van der Waals surface area contributed by atoms with Crippen LogP contribution in [0.2, 0.25) is 0 Å². The summed E-state index contributed by atoms with van der Waals surface area (Å²) in [4.78, 5) is 16.4. The molecule has 2 rings (SSSR count). The lowest BCUT2D eigenvalue weighted by atomic mass is 9.87. The zero-order valence-corrected chi connectivity index (χ0v) is 12.3. The molecule has 0 aliphatic heterocycles. The molecule has 0 saturated carbocycles. The van der Waals surface area contributed by atoms with Crippen molar-refractivity contribution in [3.63, 3.8) is 0 Å². The highest BCUT2D eigenvalue weighted by atomic mass is 32.1. The van der Waals surface area contributed by atoms with E-state index in [9.17, 15) is 4.79 Å². The van der Waals surface area contributed by atoms with E-state index in [-0.39, 0.29) is 11.3 Å². The minimum absolute atomic E-state index is 0.133. The number of amides is 1. The van der Waals surface area contributed by atoms with Crippen LogP contribution in [0.4, 0.5) is 0 Å². The average molecular weight is 277 g/mol. The minimum Gasteiger partial charge on any atom is -0.348 e. The van der Waals surface area contributed by atoms with Crippen LogP contribution in [0.15, 0.2) is 24.3 Å². The van der Waals surface area contributed by atoms with Gasteiger partial charge in [0, 0.05) is 0 Å². The molecule has 1 aromatic carbocycles. The molecule has 4 nitrogen and oxygen atoms in total. The van der Waals surface area contributed by atoms with E-state index in [1.165, 1.54) is 0 Å². The van der Waals surface area contributed by atoms with Gasteiger partial charge in [-0.25, -0.2) is 4.98 Å². The van der Waals surface area contributed by atoms with Gasteiger partial charge in [0.15, 0.2) is 0 Å². The first-order valence-electron chi connectivity index (χ1n) is 6.25. The molecule has 0 saturated heterocycles. The summed E-state index contributed by atoms with van der Waals surface area (Å²) in [7, 11) is 0. The highest BCUT2D eigenvalue weighted by Gasteiger charge is 2.27. The molecule has 2 aromatic rings. The smallest absolute Gasteiger partial charge is 0.237 e. The molecule has 3 N–H and O–H groups in total. The Balaban J connectivity index is 2.01. The lowest BCUT2D eigenvalue weighted by molar-refractivity contribution is -0.124. The van der Waals surface area contributed by atoms with E-state index in [2.05, 4.69) is 10.3 Å². The van der Waals surface area contributed by atoms with E-state index >= 15 is 0 Å². The second kappa shape index (κ2) is 5.27. The van der Waals surface area contributed by atoms with Gasteiger partial charge in [-0.1, -0.05) is 32.9 Å². The maximum Gasteiger partial charge on any atom is 0.237 e. The molecule has 1 amide bonds. The topological polar surface area (TPSA) is 68.0 Å². The van der Waals surface area contributed by atoms with E-state index in [1.54, 1.807) is 11.3 Å². The highest BCUT2D eigenvalue weighted by molar-refractivity contribution is 7.18. The van der Waals surface area contributed by atoms with Crippen molar-refractivity contribution < 1.29 is 4.79 Å². The predicted octanol–water partition coefficient (Wildman–Crippen LogP) is 2.29. The summed E-state index contributed by atoms with van der Waals surface area (Å²) in [5.41, 5.74) is 6.64. The number of rotatable bonds is 3. The van der Waals surface area contributed by atoms with Crippen LogP contribution in [-0.2, 0) is 11.3 Å². The van der Waals surface area contributed by atoms with Gasteiger partial charge >= 0.3 is 0 Å². The number of para-hydroxylation sites is 1.